The quantitative estimate of drug-likeness (QED) is 0.754. The molecule has 13 heavy (non-hydrogen) atoms. The fraction of sp³-hybridized carbons (Fsp3) is 0.200. The molecule has 0 amide bonds. The second-order valence-corrected chi connectivity index (χ2v) is 4.08. The van der Waals surface area contributed by atoms with E-state index in [0.717, 1.165) is 0 Å². The Morgan fingerprint density at radius 3 is 3.00 bits per heavy atom. The van der Waals surface area contributed by atoms with Crippen LogP contribution in [0.25, 0.3) is 11.1 Å². The van der Waals surface area contributed by atoms with Crippen LogP contribution in [0.4, 0.5) is 0 Å². The lowest BCUT2D eigenvalue weighted by atomic mass is 10.1. The zero-order valence-corrected chi connectivity index (χ0v) is 8.32. The Bertz CT molecular complexity index is 387. The van der Waals surface area contributed by atoms with E-state index >= 15 is 0 Å². The molecular formula is C10H12N2S. The highest BCUT2D eigenvalue weighted by molar-refractivity contribution is 7.10. The molecule has 68 valence electrons. The van der Waals surface area contributed by atoms with E-state index in [4.69, 9.17) is 5.73 Å². The Morgan fingerprint density at radius 1 is 1.54 bits per heavy atom. The van der Waals surface area contributed by atoms with Gasteiger partial charge in [0.2, 0.25) is 0 Å². The second kappa shape index (κ2) is 3.36. The zero-order chi connectivity index (χ0) is 9.26. The summed E-state index contributed by atoms with van der Waals surface area (Å²) in [6, 6.07) is 2.08. The summed E-state index contributed by atoms with van der Waals surface area (Å²) >= 11 is 1.76. The van der Waals surface area contributed by atoms with Gasteiger partial charge >= 0.3 is 0 Å². The summed E-state index contributed by atoms with van der Waals surface area (Å²) in [6.07, 6.45) is 3.95. The van der Waals surface area contributed by atoms with Crippen molar-refractivity contribution in [3.63, 3.8) is 0 Å². The minimum absolute atomic E-state index is 0.616. The van der Waals surface area contributed by atoms with Crippen molar-refractivity contribution in [3.05, 3.63) is 34.3 Å². The molecule has 0 aromatic carbocycles. The zero-order valence-electron chi connectivity index (χ0n) is 7.50. The Balaban J connectivity index is 2.55. The van der Waals surface area contributed by atoms with Gasteiger partial charge in [-0.2, -0.15) is 0 Å². The number of aryl methyl sites for hydroxylation is 1. The normalized spacial score (nSPS) is 10.6. The maximum Gasteiger partial charge on any atom is 0.0192 e. The Labute approximate surface area is 81.4 Å². The minimum Gasteiger partial charge on any atom is -0.367 e. The van der Waals surface area contributed by atoms with Crippen LogP contribution in [0.1, 0.15) is 10.4 Å². The van der Waals surface area contributed by atoms with E-state index in [-0.39, 0.29) is 0 Å². The monoisotopic (exact) mass is 192 g/mol. The average Bonchev–Trinajstić information content (AvgIpc) is 2.72. The van der Waals surface area contributed by atoms with Crippen molar-refractivity contribution in [2.45, 2.75) is 13.5 Å². The van der Waals surface area contributed by atoms with Gasteiger partial charge in [-0.3, -0.25) is 0 Å². The van der Waals surface area contributed by atoms with E-state index in [2.05, 4.69) is 23.4 Å². The number of H-pyrrole nitrogens is 1. The molecule has 2 heterocycles. The molecule has 0 aliphatic carbocycles. The topological polar surface area (TPSA) is 41.8 Å². The molecule has 0 saturated heterocycles. The lowest BCUT2D eigenvalue weighted by Crippen LogP contribution is -1.95. The van der Waals surface area contributed by atoms with E-state index in [0.29, 0.717) is 6.54 Å². The fourth-order valence-electron chi connectivity index (χ4n) is 1.52. The number of aromatic nitrogens is 1. The number of aromatic amines is 1. The Morgan fingerprint density at radius 2 is 2.38 bits per heavy atom. The van der Waals surface area contributed by atoms with Gasteiger partial charge in [0.1, 0.15) is 0 Å². The van der Waals surface area contributed by atoms with Crippen LogP contribution in [0.5, 0.6) is 0 Å². The Kier molecular flexibility index (Phi) is 2.20. The van der Waals surface area contributed by atoms with E-state index in [9.17, 15) is 0 Å². The third-order valence-corrected chi connectivity index (χ3v) is 3.12. The number of nitrogens with two attached hydrogens (primary N) is 1. The molecule has 2 rings (SSSR count). The van der Waals surface area contributed by atoms with E-state index in [1.165, 1.54) is 21.6 Å². The molecule has 3 N–H and O–H groups in total. The predicted octanol–water partition coefficient (Wildman–Crippen LogP) is 2.51. The highest BCUT2D eigenvalue weighted by atomic mass is 32.1. The summed E-state index contributed by atoms with van der Waals surface area (Å²) in [6.45, 7) is 2.75. The molecular weight excluding hydrogens is 180 g/mol. The summed E-state index contributed by atoms with van der Waals surface area (Å²) in [5.74, 6) is 0. The van der Waals surface area contributed by atoms with Crippen LogP contribution in [0.3, 0.4) is 0 Å². The maximum absolute atomic E-state index is 5.67. The first kappa shape index (κ1) is 8.53. The molecule has 0 spiro atoms. The molecule has 2 aromatic rings. The maximum atomic E-state index is 5.67. The van der Waals surface area contributed by atoms with Crippen molar-refractivity contribution < 1.29 is 0 Å². The van der Waals surface area contributed by atoms with Crippen molar-refractivity contribution in [1.29, 1.82) is 0 Å². The summed E-state index contributed by atoms with van der Waals surface area (Å²) in [7, 11) is 0. The van der Waals surface area contributed by atoms with Gasteiger partial charge in [-0.1, -0.05) is 0 Å². The largest absolute Gasteiger partial charge is 0.367 e. The molecule has 0 aliphatic rings. The third kappa shape index (κ3) is 1.41. The molecule has 0 unspecified atom stereocenters. The number of nitrogens with one attached hydrogen (secondary N) is 1. The molecule has 2 aromatic heterocycles. The standard InChI is InChI=1S/C10H12N2S/c1-7-10(8-2-3-12-5-8)9(4-11)6-13-7/h2-3,5-6,12H,4,11H2,1H3. The number of hydrogen-bond acceptors (Lipinski definition) is 2. The highest BCUT2D eigenvalue weighted by Crippen LogP contribution is 2.31. The molecule has 0 fully saturated rings. The number of rotatable bonds is 2. The van der Waals surface area contributed by atoms with Crippen LogP contribution in [-0.4, -0.2) is 4.98 Å². The lowest BCUT2D eigenvalue weighted by Gasteiger charge is -1.99. The van der Waals surface area contributed by atoms with Gasteiger partial charge in [0.25, 0.3) is 0 Å². The lowest BCUT2D eigenvalue weighted by molar-refractivity contribution is 1.08. The van der Waals surface area contributed by atoms with Crippen molar-refractivity contribution in [2.75, 3.05) is 0 Å². The van der Waals surface area contributed by atoms with E-state index in [1.54, 1.807) is 11.3 Å². The van der Waals surface area contributed by atoms with Crippen molar-refractivity contribution in [1.82, 2.24) is 4.98 Å². The second-order valence-electron chi connectivity index (χ2n) is 3.00. The first-order chi connectivity index (χ1) is 6.33. The van der Waals surface area contributed by atoms with Crippen LogP contribution in [-0.2, 0) is 6.54 Å². The molecule has 2 nitrogen and oxygen atoms in total. The third-order valence-electron chi connectivity index (χ3n) is 2.16. The smallest absolute Gasteiger partial charge is 0.0192 e. The SMILES string of the molecule is Cc1scc(CN)c1-c1cc[nH]c1. The fourth-order valence-corrected chi connectivity index (χ4v) is 2.42. The molecule has 0 bridgehead atoms. The van der Waals surface area contributed by atoms with Crippen LogP contribution >= 0.6 is 11.3 Å². The van der Waals surface area contributed by atoms with Gasteiger partial charge in [0.15, 0.2) is 0 Å². The highest BCUT2D eigenvalue weighted by Gasteiger charge is 2.09. The number of thiophene rings is 1. The molecule has 0 saturated carbocycles. The first-order valence-electron chi connectivity index (χ1n) is 4.23. The van der Waals surface area contributed by atoms with Crippen molar-refractivity contribution in [2.24, 2.45) is 5.73 Å². The summed E-state index contributed by atoms with van der Waals surface area (Å²) < 4.78 is 0. The van der Waals surface area contributed by atoms with Gasteiger partial charge in [0, 0.05) is 34.9 Å². The summed E-state index contributed by atoms with van der Waals surface area (Å²) in [5.41, 5.74) is 9.44. The van der Waals surface area contributed by atoms with Crippen LogP contribution in [0.2, 0.25) is 0 Å². The van der Waals surface area contributed by atoms with Crippen molar-refractivity contribution in [3.8, 4) is 11.1 Å². The van der Waals surface area contributed by atoms with Gasteiger partial charge in [-0.05, 0) is 23.9 Å². The van der Waals surface area contributed by atoms with Gasteiger partial charge in [-0.25, -0.2) is 0 Å². The first-order valence-corrected chi connectivity index (χ1v) is 5.11. The van der Waals surface area contributed by atoms with Crippen molar-refractivity contribution >= 4 is 11.3 Å². The van der Waals surface area contributed by atoms with Gasteiger partial charge in [-0.15, -0.1) is 11.3 Å². The number of hydrogen-bond donors (Lipinski definition) is 2. The van der Waals surface area contributed by atoms with Gasteiger partial charge in [0.05, 0.1) is 0 Å². The summed E-state index contributed by atoms with van der Waals surface area (Å²) in [5, 5.41) is 2.14. The molecule has 3 heteroatoms. The van der Waals surface area contributed by atoms with Crippen LogP contribution < -0.4 is 5.73 Å². The summed E-state index contributed by atoms with van der Waals surface area (Å²) in [4.78, 5) is 4.39. The van der Waals surface area contributed by atoms with Gasteiger partial charge < -0.3 is 10.7 Å². The predicted molar refractivity (Wildman–Crippen MR) is 56.7 cm³/mol. The molecule has 0 radical (unpaired) electrons. The Hall–Kier alpha value is -1.06. The van der Waals surface area contributed by atoms with E-state index < -0.39 is 0 Å². The average molecular weight is 192 g/mol. The van der Waals surface area contributed by atoms with Crippen LogP contribution in [0, 0.1) is 6.92 Å². The molecule has 0 atom stereocenters. The van der Waals surface area contributed by atoms with Crippen LogP contribution in [0.15, 0.2) is 23.8 Å². The molecule has 0 aliphatic heterocycles. The minimum atomic E-state index is 0.616. The van der Waals surface area contributed by atoms with E-state index in [1.807, 2.05) is 12.4 Å².